The molecule has 0 bridgehead atoms. The van der Waals surface area contributed by atoms with Crippen LogP contribution < -0.4 is 0 Å². The van der Waals surface area contributed by atoms with Gasteiger partial charge in [0.25, 0.3) is 0 Å². The summed E-state index contributed by atoms with van der Waals surface area (Å²) in [5, 5.41) is 34.9. The van der Waals surface area contributed by atoms with Crippen molar-refractivity contribution in [2.45, 2.75) is 237 Å². The number of unbranched alkanes of at least 4 members (excludes halogenated alkanes) is 28. The van der Waals surface area contributed by atoms with Gasteiger partial charge in [-0.15, -0.1) is 0 Å². The number of Topliss-reactive ketones (excluding diaryl/α,β-unsaturated/α-hetero) is 2. The monoisotopic (exact) mass is 666 g/mol. The maximum absolute atomic E-state index is 12.8. The zero-order valence-electron chi connectivity index (χ0n) is 30.8. The number of aliphatic hydroxyl groups excluding tert-OH is 2. The average Bonchev–Trinajstić information content (AvgIpc) is 3.07. The predicted octanol–water partition coefficient (Wildman–Crippen LogP) is 11.4. The number of hydrogen-bond donors (Lipinski definition) is 3. The van der Waals surface area contributed by atoms with E-state index in [4.69, 9.17) is 5.53 Å². The summed E-state index contributed by atoms with van der Waals surface area (Å²) in [6, 6.07) is 0. The molecule has 0 fully saturated rings. The normalized spacial score (nSPS) is 14.0. The minimum absolute atomic E-state index is 0.0378. The molecule has 0 aromatic heterocycles. The average molecular weight is 666 g/mol. The molecule has 0 aromatic carbocycles. The predicted molar refractivity (Wildman–Crippen MR) is 195 cm³/mol. The highest BCUT2D eigenvalue weighted by Crippen LogP contribution is 2.23. The second kappa shape index (κ2) is 33.0. The van der Waals surface area contributed by atoms with E-state index < -0.39 is 29.5 Å². The number of carbonyl (C=O) groups excluding carboxylic acids is 2. The third-order valence-corrected chi connectivity index (χ3v) is 9.68. The Morgan fingerprint density at radius 1 is 0.532 bits per heavy atom. The highest BCUT2D eigenvalue weighted by molar-refractivity contribution is 5.90. The smallest absolute Gasteiger partial charge is 0.231 e. The first-order valence-corrected chi connectivity index (χ1v) is 20.1. The molecule has 3 N–H and O–H groups in total. The highest BCUT2D eigenvalue weighted by Gasteiger charge is 2.47. The first-order valence-electron chi connectivity index (χ1n) is 20.1. The first-order chi connectivity index (χ1) is 22.8. The molecular formula is C39H75N3O5. The Labute approximate surface area is 288 Å². The number of rotatable bonds is 37. The molecule has 8 nitrogen and oxygen atoms in total. The van der Waals surface area contributed by atoms with Crippen molar-refractivity contribution < 1.29 is 24.9 Å². The van der Waals surface area contributed by atoms with Crippen molar-refractivity contribution in [3.8, 4) is 0 Å². The molecule has 0 aliphatic heterocycles. The fourth-order valence-corrected chi connectivity index (χ4v) is 6.40. The molecule has 8 heteroatoms. The molecule has 0 radical (unpaired) electrons. The lowest BCUT2D eigenvalue weighted by molar-refractivity contribution is -0.165. The summed E-state index contributed by atoms with van der Waals surface area (Å²) in [6.07, 6.45) is 31.5. The van der Waals surface area contributed by atoms with E-state index in [0.717, 1.165) is 38.5 Å². The summed E-state index contributed by atoms with van der Waals surface area (Å²) >= 11 is 0. The second-order valence-corrected chi connectivity index (χ2v) is 14.1. The van der Waals surface area contributed by atoms with Crippen LogP contribution in [0, 0.1) is 0 Å². The quantitative estimate of drug-likeness (QED) is 0.0262. The van der Waals surface area contributed by atoms with Gasteiger partial charge in [0.15, 0.2) is 11.6 Å². The van der Waals surface area contributed by atoms with Gasteiger partial charge in [0, 0.05) is 17.8 Å². The lowest BCUT2D eigenvalue weighted by atomic mass is 9.91. The van der Waals surface area contributed by atoms with Crippen molar-refractivity contribution in [3.63, 3.8) is 0 Å². The summed E-state index contributed by atoms with van der Waals surface area (Å²) in [6.45, 7) is 4.49. The van der Waals surface area contributed by atoms with E-state index >= 15 is 0 Å². The van der Waals surface area contributed by atoms with Crippen molar-refractivity contribution in [1.82, 2.24) is 0 Å². The van der Waals surface area contributed by atoms with E-state index in [0.29, 0.717) is 12.8 Å². The summed E-state index contributed by atoms with van der Waals surface area (Å²) in [4.78, 5) is 27.8. The molecule has 47 heavy (non-hydrogen) atoms. The van der Waals surface area contributed by atoms with Gasteiger partial charge < -0.3 is 15.3 Å². The number of ketones is 2. The summed E-state index contributed by atoms with van der Waals surface area (Å²) in [5.41, 5.74) is 6.09. The number of azide groups is 1. The maximum atomic E-state index is 12.8. The van der Waals surface area contributed by atoms with Gasteiger partial charge in [-0.05, 0) is 23.5 Å². The largest absolute Gasteiger partial charge is 0.386 e. The fraction of sp³-hybridized carbons (Fsp3) is 0.949. The Morgan fingerprint density at radius 2 is 0.809 bits per heavy atom. The molecule has 0 aliphatic carbocycles. The molecule has 0 saturated carbocycles. The number of carbonyl (C=O) groups is 2. The van der Waals surface area contributed by atoms with Gasteiger partial charge in [-0.25, -0.2) is 0 Å². The van der Waals surface area contributed by atoms with Crippen LogP contribution in [0.25, 0.3) is 10.4 Å². The van der Waals surface area contributed by atoms with Crippen molar-refractivity contribution in [1.29, 1.82) is 0 Å². The molecule has 0 heterocycles. The lowest BCUT2D eigenvalue weighted by Gasteiger charge is -2.29. The van der Waals surface area contributed by atoms with E-state index in [1.54, 1.807) is 0 Å². The summed E-state index contributed by atoms with van der Waals surface area (Å²) in [5.74, 6) is -1.52. The summed E-state index contributed by atoms with van der Waals surface area (Å²) in [7, 11) is 0. The first kappa shape index (κ1) is 45.5. The van der Waals surface area contributed by atoms with Gasteiger partial charge in [-0.2, -0.15) is 0 Å². The van der Waals surface area contributed by atoms with E-state index in [2.05, 4.69) is 23.9 Å². The molecule has 0 spiro atoms. The van der Waals surface area contributed by atoms with Gasteiger partial charge in [0.1, 0.15) is 12.2 Å². The zero-order chi connectivity index (χ0) is 34.9. The molecule has 276 valence electrons. The topological polar surface area (TPSA) is 144 Å². The Morgan fingerprint density at radius 3 is 1.11 bits per heavy atom. The molecule has 0 aliphatic rings. The van der Waals surface area contributed by atoms with E-state index in [9.17, 15) is 24.9 Å². The van der Waals surface area contributed by atoms with Gasteiger partial charge in [0.05, 0.1) is 0 Å². The molecule has 3 unspecified atom stereocenters. The van der Waals surface area contributed by atoms with Crippen LogP contribution in [0.5, 0.6) is 0 Å². The van der Waals surface area contributed by atoms with Crippen molar-refractivity contribution >= 4 is 11.6 Å². The Bertz CT molecular complexity index is 789. The van der Waals surface area contributed by atoms with Crippen LogP contribution in [0.1, 0.15) is 219 Å². The Balaban J connectivity index is 4.04. The van der Waals surface area contributed by atoms with Crippen LogP contribution in [-0.4, -0.2) is 44.8 Å². The Hall–Kier alpha value is -1.47. The van der Waals surface area contributed by atoms with E-state index in [1.807, 2.05) is 0 Å². The number of hydrogen-bond acceptors (Lipinski definition) is 6. The zero-order valence-corrected chi connectivity index (χ0v) is 30.8. The minimum atomic E-state index is -2.85. The maximum Gasteiger partial charge on any atom is 0.231 e. The van der Waals surface area contributed by atoms with Crippen molar-refractivity contribution in [2.24, 2.45) is 5.11 Å². The minimum Gasteiger partial charge on any atom is -0.386 e. The van der Waals surface area contributed by atoms with Crippen LogP contribution in [0.15, 0.2) is 5.11 Å². The summed E-state index contributed by atoms with van der Waals surface area (Å²) < 4.78 is 0. The SMILES string of the molecule is CCCCCCCCCCCCCCCCCC(=O)C(O)C(O)C(O)(N=[N+]=[N-])C(=O)CCCCCCCCCCCCCCCCC. The van der Waals surface area contributed by atoms with Crippen molar-refractivity contribution in [3.05, 3.63) is 10.4 Å². The van der Waals surface area contributed by atoms with Gasteiger partial charge in [-0.3, -0.25) is 9.59 Å². The van der Waals surface area contributed by atoms with E-state index in [1.165, 1.54) is 141 Å². The number of aliphatic hydroxyl groups is 3. The van der Waals surface area contributed by atoms with Gasteiger partial charge in [0.2, 0.25) is 5.72 Å². The standard InChI is InChI=1S/C39H75N3O5/c1-3-5-7-9-11-13-15-17-19-21-23-25-27-29-31-33-35(43)37(45)38(46)39(47,41-42-40)36(44)34-32-30-28-26-24-22-20-18-16-14-12-10-8-6-4-2/h37-38,45-47H,3-34H2,1-2H3. The van der Waals surface area contributed by atoms with Crippen LogP contribution >= 0.6 is 0 Å². The Kier molecular flexibility index (Phi) is 32.0. The lowest BCUT2D eigenvalue weighted by Crippen LogP contribution is -2.55. The van der Waals surface area contributed by atoms with Crippen LogP contribution in [0.4, 0.5) is 0 Å². The van der Waals surface area contributed by atoms with E-state index in [-0.39, 0.29) is 12.8 Å². The van der Waals surface area contributed by atoms with Crippen LogP contribution in [0.3, 0.4) is 0 Å². The highest BCUT2D eigenvalue weighted by atomic mass is 16.4. The third-order valence-electron chi connectivity index (χ3n) is 9.68. The van der Waals surface area contributed by atoms with Gasteiger partial charge >= 0.3 is 0 Å². The van der Waals surface area contributed by atoms with Gasteiger partial charge in [-0.1, -0.05) is 194 Å². The fourth-order valence-electron chi connectivity index (χ4n) is 6.40. The molecule has 0 aromatic rings. The molecule has 0 amide bonds. The van der Waals surface area contributed by atoms with Crippen molar-refractivity contribution in [2.75, 3.05) is 0 Å². The molecule has 0 saturated heterocycles. The number of nitrogens with zero attached hydrogens (tertiary/aromatic N) is 3. The molecular weight excluding hydrogens is 590 g/mol. The third kappa shape index (κ3) is 25.2. The molecule has 0 rings (SSSR count). The second-order valence-electron chi connectivity index (χ2n) is 14.1. The molecule has 3 atom stereocenters. The van der Waals surface area contributed by atoms with Crippen LogP contribution in [-0.2, 0) is 9.59 Å². The van der Waals surface area contributed by atoms with Crippen LogP contribution in [0.2, 0.25) is 0 Å².